The Bertz CT molecular complexity index is 607. The van der Waals surface area contributed by atoms with Gasteiger partial charge in [0.25, 0.3) is 0 Å². The molecular weight excluding hydrogens is 320 g/mol. The highest BCUT2D eigenvalue weighted by molar-refractivity contribution is 5.81. The van der Waals surface area contributed by atoms with Gasteiger partial charge in [-0.1, -0.05) is 12.1 Å². The highest BCUT2D eigenvalue weighted by Gasteiger charge is 2.32. The average Bonchev–Trinajstić information content (AvgIpc) is 3.06. The van der Waals surface area contributed by atoms with E-state index in [0.717, 1.165) is 57.6 Å². The summed E-state index contributed by atoms with van der Waals surface area (Å²) in [7, 11) is 0. The SMILES string of the molecule is CCC(=O)N1CCC[C@H](C(=O)N2CCC(Cc3noc(C)n3)CC2)C1. The highest BCUT2D eigenvalue weighted by Crippen LogP contribution is 2.25. The average molecular weight is 348 g/mol. The summed E-state index contributed by atoms with van der Waals surface area (Å²) < 4.78 is 5.03. The number of aromatic nitrogens is 2. The predicted molar refractivity (Wildman–Crippen MR) is 91.6 cm³/mol. The second-order valence-corrected chi connectivity index (χ2v) is 7.23. The lowest BCUT2D eigenvalue weighted by Gasteiger charge is -2.37. The number of rotatable bonds is 4. The lowest BCUT2D eigenvalue weighted by atomic mass is 9.91. The fourth-order valence-electron chi connectivity index (χ4n) is 3.93. The minimum absolute atomic E-state index is 0.0272. The van der Waals surface area contributed by atoms with Crippen molar-refractivity contribution in [3.8, 4) is 0 Å². The van der Waals surface area contributed by atoms with Gasteiger partial charge in [0.1, 0.15) is 0 Å². The van der Waals surface area contributed by atoms with E-state index in [1.807, 2.05) is 16.7 Å². The fourth-order valence-corrected chi connectivity index (χ4v) is 3.93. The van der Waals surface area contributed by atoms with Crippen molar-refractivity contribution in [2.24, 2.45) is 11.8 Å². The quantitative estimate of drug-likeness (QED) is 0.829. The summed E-state index contributed by atoms with van der Waals surface area (Å²) in [6.45, 7) is 6.64. The Kier molecular flexibility index (Phi) is 5.71. The summed E-state index contributed by atoms with van der Waals surface area (Å²) in [5.41, 5.74) is 0. The van der Waals surface area contributed by atoms with Crippen LogP contribution in [-0.2, 0) is 16.0 Å². The zero-order valence-electron chi connectivity index (χ0n) is 15.2. The zero-order chi connectivity index (χ0) is 17.8. The summed E-state index contributed by atoms with van der Waals surface area (Å²) >= 11 is 0. The molecule has 1 atom stereocenters. The number of aryl methyl sites for hydroxylation is 1. The third-order valence-electron chi connectivity index (χ3n) is 5.39. The Morgan fingerprint density at radius 1 is 1.16 bits per heavy atom. The molecule has 1 aromatic heterocycles. The van der Waals surface area contributed by atoms with Crippen LogP contribution in [0.5, 0.6) is 0 Å². The number of hydrogen-bond acceptors (Lipinski definition) is 5. The Morgan fingerprint density at radius 3 is 2.56 bits per heavy atom. The minimum atomic E-state index is -0.0272. The van der Waals surface area contributed by atoms with E-state index in [9.17, 15) is 9.59 Å². The van der Waals surface area contributed by atoms with Crippen LogP contribution in [0.15, 0.2) is 4.52 Å². The molecule has 0 saturated carbocycles. The van der Waals surface area contributed by atoms with Crippen molar-refractivity contribution < 1.29 is 14.1 Å². The molecule has 2 fully saturated rings. The first-order valence-corrected chi connectivity index (χ1v) is 9.42. The largest absolute Gasteiger partial charge is 0.342 e. The number of piperidine rings is 2. The molecule has 2 amide bonds. The van der Waals surface area contributed by atoms with Gasteiger partial charge in [-0.15, -0.1) is 0 Å². The van der Waals surface area contributed by atoms with Gasteiger partial charge in [0.05, 0.1) is 5.92 Å². The van der Waals surface area contributed by atoms with Gasteiger partial charge >= 0.3 is 0 Å². The summed E-state index contributed by atoms with van der Waals surface area (Å²) in [4.78, 5) is 32.9. The van der Waals surface area contributed by atoms with Gasteiger partial charge in [0.2, 0.25) is 17.7 Å². The molecule has 25 heavy (non-hydrogen) atoms. The van der Waals surface area contributed by atoms with E-state index in [1.165, 1.54) is 0 Å². The molecule has 7 nitrogen and oxygen atoms in total. The van der Waals surface area contributed by atoms with Crippen molar-refractivity contribution in [2.75, 3.05) is 26.2 Å². The number of carbonyl (C=O) groups is 2. The smallest absolute Gasteiger partial charge is 0.227 e. The van der Waals surface area contributed by atoms with Gasteiger partial charge in [-0.2, -0.15) is 4.98 Å². The molecule has 138 valence electrons. The third-order valence-corrected chi connectivity index (χ3v) is 5.39. The van der Waals surface area contributed by atoms with Crippen LogP contribution in [0.1, 0.15) is 50.7 Å². The summed E-state index contributed by atoms with van der Waals surface area (Å²) in [6, 6.07) is 0. The number of nitrogens with zero attached hydrogens (tertiary/aromatic N) is 4. The van der Waals surface area contributed by atoms with Crippen LogP contribution >= 0.6 is 0 Å². The van der Waals surface area contributed by atoms with Gasteiger partial charge in [-0.25, -0.2) is 0 Å². The Morgan fingerprint density at radius 2 is 1.92 bits per heavy atom. The van der Waals surface area contributed by atoms with Crippen molar-refractivity contribution >= 4 is 11.8 Å². The zero-order valence-corrected chi connectivity index (χ0v) is 15.2. The molecule has 0 unspecified atom stereocenters. The maximum atomic E-state index is 12.8. The van der Waals surface area contributed by atoms with E-state index in [-0.39, 0.29) is 17.7 Å². The molecule has 0 spiro atoms. The summed E-state index contributed by atoms with van der Waals surface area (Å²) in [5, 5.41) is 3.97. The second-order valence-electron chi connectivity index (χ2n) is 7.23. The molecule has 3 rings (SSSR count). The lowest BCUT2D eigenvalue weighted by molar-refractivity contribution is -0.141. The van der Waals surface area contributed by atoms with Crippen molar-refractivity contribution in [3.05, 3.63) is 11.7 Å². The van der Waals surface area contributed by atoms with E-state index in [4.69, 9.17) is 4.52 Å². The monoisotopic (exact) mass is 348 g/mol. The molecule has 0 aliphatic carbocycles. The van der Waals surface area contributed by atoms with Gasteiger partial charge in [-0.05, 0) is 31.6 Å². The van der Waals surface area contributed by atoms with Crippen LogP contribution in [-0.4, -0.2) is 57.9 Å². The molecule has 3 heterocycles. The molecule has 2 aliphatic rings. The summed E-state index contributed by atoms with van der Waals surface area (Å²) in [5.74, 6) is 2.23. The normalized spacial score (nSPS) is 22.2. The molecule has 0 radical (unpaired) electrons. The molecule has 0 bridgehead atoms. The molecule has 0 N–H and O–H groups in total. The van der Waals surface area contributed by atoms with Crippen LogP contribution in [0.3, 0.4) is 0 Å². The summed E-state index contributed by atoms with van der Waals surface area (Å²) in [6.07, 6.45) is 5.11. The van der Waals surface area contributed by atoms with E-state index in [1.54, 1.807) is 6.92 Å². The molecule has 2 saturated heterocycles. The highest BCUT2D eigenvalue weighted by atomic mass is 16.5. The van der Waals surface area contributed by atoms with E-state index in [2.05, 4.69) is 10.1 Å². The van der Waals surface area contributed by atoms with E-state index in [0.29, 0.717) is 24.8 Å². The van der Waals surface area contributed by atoms with Gasteiger partial charge in [0, 0.05) is 45.9 Å². The molecule has 1 aromatic rings. The van der Waals surface area contributed by atoms with Gasteiger partial charge < -0.3 is 14.3 Å². The maximum absolute atomic E-state index is 12.8. The van der Waals surface area contributed by atoms with Crippen molar-refractivity contribution in [2.45, 2.75) is 52.4 Å². The van der Waals surface area contributed by atoms with Crippen molar-refractivity contribution in [3.63, 3.8) is 0 Å². The van der Waals surface area contributed by atoms with Crippen LogP contribution in [0.4, 0.5) is 0 Å². The second kappa shape index (κ2) is 7.97. The standard InChI is InChI=1S/C18H28N4O3/c1-3-17(23)22-8-4-5-15(12-22)18(24)21-9-6-14(7-10-21)11-16-19-13(2)25-20-16/h14-15H,3-12H2,1-2H3/t15-/m0/s1. The Balaban J connectivity index is 1.48. The van der Waals surface area contributed by atoms with Gasteiger partial charge in [0.15, 0.2) is 5.82 Å². The number of likely N-dealkylation sites (tertiary alicyclic amines) is 2. The maximum Gasteiger partial charge on any atom is 0.227 e. The first-order valence-electron chi connectivity index (χ1n) is 9.42. The Hall–Kier alpha value is -1.92. The van der Waals surface area contributed by atoms with Gasteiger partial charge in [-0.3, -0.25) is 9.59 Å². The molecule has 2 aliphatic heterocycles. The van der Waals surface area contributed by atoms with Crippen LogP contribution in [0.2, 0.25) is 0 Å². The first-order chi connectivity index (χ1) is 12.1. The van der Waals surface area contributed by atoms with Crippen LogP contribution in [0, 0.1) is 18.8 Å². The number of amides is 2. The minimum Gasteiger partial charge on any atom is -0.342 e. The van der Waals surface area contributed by atoms with Crippen molar-refractivity contribution in [1.82, 2.24) is 19.9 Å². The van der Waals surface area contributed by atoms with Crippen LogP contribution < -0.4 is 0 Å². The van der Waals surface area contributed by atoms with E-state index >= 15 is 0 Å². The number of hydrogen-bond donors (Lipinski definition) is 0. The number of carbonyl (C=O) groups excluding carboxylic acids is 2. The molecule has 0 aromatic carbocycles. The Labute approximate surface area is 148 Å². The first kappa shape index (κ1) is 17.9. The fraction of sp³-hybridized carbons (Fsp3) is 0.778. The topological polar surface area (TPSA) is 79.5 Å². The van der Waals surface area contributed by atoms with Crippen molar-refractivity contribution in [1.29, 1.82) is 0 Å². The molecule has 7 heteroatoms. The predicted octanol–water partition coefficient (Wildman–Crippen LogP) is 1.81. The lowest BCUT2D eigenvalue weighted by Crippen LogP contribution is -2.48. The van der Waals surface area contributed by atoms with Crippen LogP contribution in [0.25, 0.3) is 0 Å². The van der Waals surface area contributed by atoms with E-state index < -0.39 is 0 Å². The molecular formula is C18H28N4O3. The third kappa shape index (κ3) is 4.38.